The Balaban J connectivity index is 0.000000673. The van der Waals surface area contributed by atoms with Crippen molar-refractivity contribution in [2.75, 3.05) is 13.1 Å². The standard InChI is InChI=1S/C12H18N4O2.C6H15N.ClH/c1-5-7-16-8(6-2)13-10-9(16)11(17)15(4)12(18)14(10)3;1-3-5-7-6-4-2;/h5-7H2,1-4H3;7H,3-6H2,1-2H3;1H. The summed E-state index contributed by atoms with van der Waals surface area (Å²) in [5.74, 6) is 0.852. The largest absolute Gasteiger partial charge is 0.332 e. The fraction of sp³-hybridized carbons (Fsp3) is 0.722. The molecule has 2 aromatic heterocycles. The predicted molar refractivity (Wildman–Crippen MR) is 111 cm³/mol. The van der Waals surface area contributed by atoms with E-state index >= 15 is 0 Å². The van der Waals surface area contributed by atoms with Crippen LogP contribution in [0.1, 0.15) is 52.8 Å². The summed E-state index contributed by atoms with van der Waals surface area (Å²) in [6, 6.07) is 0. The molecule has 0 spiro atoms. The molecule has 150 valence electrons. The van der Waals surface area contributed by atoms with Crippen molar-refractivity contribution < 1.29 is 0 Å². The Bertz CT molecular complexity index is 787. The van der Waals surface area contributed by atoms with Gasteiger partial charge in [0, 0.05) is 27.1 Å². The highest BCUT2D eigenvalue weighted by Crippen LogP contribution is 2.12. The second-order valence-corrected chi connectivity index (χ2v) is 6.16. The third kappa shape index (κ3) is 5.45. The van der Waals surface area contributed by atoms with E-state index in [-0.39, 0.29) is 23.7 Å². The van der Waals surface area contributed by atoms with E-state index in [0.717, 1.165) is 29.8 Å². The van der Waals surface area contributed by atoms with Gasteiger partial charge in [-0.1, -0.05) is 27.7 Å². The number of nitrogens with zero attached hydrogens (tertiary/aromatic N) is 4. The van der Waals surface area contributed by atoms with Crippen LogP contribution in [0.3, 0.4) is 0 Å². The molecule has 1 N–H and O–H groups in total. The van der Waals surface area contributed by atoms with E-state index in [1.54, 1.807) is 7.05 Å². The number of nitrogens with one attached hydrogen (secondary N) is 1. The van der Waals surface area contributed by atoms with Crippen molar-refractivity contribution in [3.63, 3.8) is 0 Å². The Kier molecular flexibility index (Phi) is 11.2. The maximum atomic E-state index is 12.2. The minimum Gasteiger partial charge on any atom is -0.322 e. The SMILES string of the molecule is CCCNCCC.CCCn1c(CC)nc2c1c(=O)n(C)c(=O)n2C.Cl. The highest BCUT2D eigenvalue weighted by Gasteiger charge is 2.17. The lowest BCUT2D eigenvalue weighted by molar-refractivity contribution is 0.651. The van der Waals surface area contributed by atoms with Gasteiger partial charge < -0.3 is 9.88 Å². The molecule has 0 bridgehead atoms. The highest BCUT2D eigenvalue weighted by atomic mass is 35.5. The van der Waals surface area contributed by atoms with E-state index in [9.17, 15) is 9.59 Å². The van der Waals surface area contributed by atoms with Crippen LogP contribution in [0.15, 0.2) is 9.59 Å². The molecule has 8 heteroatoms. The predicted octanol–water partition coefficient (Wildman–Crippen LogP) is 2.22. The molecule has 0 aromatic carbocycles. The fourth-order valence-electron chi connectivity index (χ4n) is 2.70. The van der Waals surface area contributed by atoms with Crippen LogP contribution in [0.2, 0.25) is 0 Å². The number of rotatable bonds is 7. The van der Waals surface area contributed by atoms with E-state index in [1.807, 2.05) is 11.5 Å². The smallest absolute Gasteiger partial charge is 0.322 e. The van der Waals surface area contributed by atoms with Crippen molar-refractivity contribution in [2.24, 2.45) is 14.1 Å². The summed E-state index contributed by atoms with van der Waals surface area (Å²) >= 11 is 0. The first-order chi connectivity index (χ1) is 11.9. The number of fused-ring (bicyclic) bond motifs is 1. The van der Waals surface area contributed by atoms with Crippen molar-refractivity contribution in [1.29, 1.82) is 0 Å². The summed E-state index contributed by atoms with van der Waals surface area (Å²) in [5, 5.41) is 3.28. The molecule has 2 heterocycles. The molecule has 0 aliphatic rings. The number of halogens is 1. The van der Waals surface area contributed by atoms with Crippen LogP contribution in [-0.4, -0.2) is 31.8 Å². The first kappa shape index (κ1) is 24.4. The third-order valence-corrected chi connectivity index (χ3v) is 4.04. The summed E-state index contributed by atoms with van der Waals surface area (Å²) < 4.78 is 4.49. The molecule has 0 saturated heterocycles. The molecule has 0 unspecified atom stereocenters. The molecule has 0 aliphatic heterocycles. The zero-order chi connectivity index (χ0) is 19.0. The summed E-state index contributed by atoms with van der Waals surface area (Å²) in [6.45, 7) is 11.5. The normalized spacial score (nSPS) is 10.4. The van der Waals surface area contributed by atoms with Gasteiger partial charge in [-0.2, -0.15) is 0 Å². The van der Waals surface area contributed by atoms with Crippen LogP contribution >= 0.6 is 12.4 Å². The maximum Gasteiger partial charge on any atom is 0.332 e. The van der Waals surface area contributed by atoms with E-state index in [2.05, 4.69) is 31.1 Å². The maximum absolute atomic E-state index is 12.2. The molecule has 2 rings (SSSR count). The van der Waals surface area contributed by atoms with Gasteiger partial charge in [0.05, 0.1) is 0 Å². The Labute approximate surface area is 161 Å². The van der Waals surface area contributed by atoms with Gasteiger partial charge in [0.15, 0.2) is 11.2 Å². The molecule has 0 saturated carbocycles. The highest BCUT2D eigenvalue weighted by molar-refractivity contribution is 5.85. The molecule has 0 fully saturated rings. The van der Waals surface area contributed by atoms with Crippen molar-refractivity contribution in [3.05, 3.63) is 26.7 Å². The van der Waals surface area contributed by atoms with Crippen molar-refractivity contribution in [3.8, 4) is 0 Å². The fourth-order valence-corrected chi connectivity index (χ4v) is 2.70. The number of aromatic nitrogens is 4. The molecular formula is C18H34ClN5O2. The quantitative estimate of drug-likeness (QED) is 0.739. The lowest BCUT2D eigenvalue weighted by Gasteiger charge is -2.06. The minimum absolute atomic E-state index is 0. The molecule has 26 heavy (non-hydrogen) atoms. The lowest BCUT2D eigenvalue weighted by atomic mass is 10.4. The van der Waals surface area contributed by atoms with Crippen LogP contribution in [0.4, 0.5) is 0 Å². The first-order valence-corrected chi connectivity index (χ1v) is 9.30. The monoisotopic (exact) mass is 387 g/mol. The van der Waals surface area contributed by atoms with Gasteiger partial charge in [-0.25, -0.2) is 9.78 Å². The summed E-state index contributed by atoms with van der Waals surface area (Å²) in [4.78, 5) is 28.5. The van der Waals surface area contributed by atoms with Crippen LogP contribution in [0.25, 0.3) is 11.2 Å². The Morgan fingerprint density at radius 1 is 0.923 bits per heavy atom. The number of hydrogen-bond acceptors (Lipinski definition) is 4. The zero-order valence-corrected chi connectivity index (χ0v) is 17.8. The van der Waals surface area contributed by atoms with Crippen LogP contribution in [0.5, 0.6) is 0 Å². The molecule has 7 nitrogen and oxygen atoms in total. The molecule has 0 atom stereocenters. The van der Waals surface area contributed by atoms with Crippen LogP contribution in [-0.2, 0) is 27.1 Å². The van der Waals surface area contributed by atoms with Crippen LogP contribution < -0.4 is 16.6 Å². The van der Waals surface area contributed by atoms with Gasteiger partial charge in [0.2, 0.25) is 0 Å². The average Bonchev–Trinajstić information content (AvgIpc) is 2.98. The molecule has 0 radical (unpaired) electrons. The average molecular weight is 388 g/mol. The summed E-state index contributed by atoms with van der Waals surface area (Å²) in [5.41, 5.74) is 0.400. The molecule has 2 aromatic rings. The number of imidazole rings is 1. The van der Waals surface area contributed by atoms with E-state index < -0.39 is 0 Å². The third-order valence-electron chi connectivity index (χ3n) is 4.04. The van der Waals surface area contributed by atoms with Gasteiger partial charge in [0.1, 0.15) is 5.82 Å². The van der Waals surface area contributed by atoms with E-state index in [1.165, 1.54) is 37.5 Å². The lowest BCUT2D eigenvalue weighted by Crippen LogP contribution is -2.37. The molecule has 0 amide bonds. The Morgan fingerprint density at radius 2 is 1.50 bits per heavy atom. The van der Waals surface area contributed by atoms with E-state index in [4.69, 9.17) is 0 Å². The molecule has 0 aliphatic carbocycles. The summed E-state index contributed by atoms with van der Waals surface area (Å²) in [6.07, 6.45) is 4.16. The Morgan fingerprint density at radius 3 is 1.96 bits per heavy atom. The second-order valence-electron chi connectivity index (χ2n) is 6.16. The number of hydrogen-bond donors (Lipinski definition) is 1. The first-order valence-electron chi connectivity index (χ1n) is 9.30. The van der Waals surface area contributed by atoms with Gasteiger partial charge in [0.25, 0.3) is 5.56 Å². The van der Waals surface area contributed by atoms with Crippen molar-refractivity contribution in [2.45, 2.75) is 59.9 Å². The van der Waals surface area contributed by atoms with Crippen LogP contribution in [0, 0.1) is 0 Å². The Hall–Kier alpha value is -1.60. The summed E-state index contributed by atoms with van der Waals surface area (Å²) in [7, 11) is 3.14. The van der Waals surface area contributed by atoms with Crippen molar-refractivity contribution in [1.82, 2.24) is 24.0 Å². The van der Waals surface area contributed by atoms with Gasteiger partial charge in [-0.05, 0) is 32.4 Å². The molecular weight excluding hydrogens is 354 g/mol. The van der Waals surface area contributed by atoms with Gasteiger partial charge >= 0.3 is 5.69 Å². The number of aryl methyl sites for hydroxylation is 3. The van der Waals surface area contributed by atoms with E-state index in [0.29, 0.717) is 11.2 Å². The van der Waals surface area contributed by atoms with Gasteiger partial charge in [-0.15, -0.1) is 12.4 Å². The zero-order valence-electron chi connectivity index (χ0n) is 17.0. The second kappa shape index (κ2) is 11.9. The van der Waals surface area contributed by atoms with Crippen molar-refractivity contribution >= 4 is 23.6 Å². The topological polar surface area (TPSA) is 73.8 Å². The minimum atomic E-state index is -0.337. The van der Waals surface area contributed by atoms with Gasteiger partial charge in [-0.3, -0.25) is 13.9 Å².